The van der Waals surface area contributed by atoms with Crippen LogP contribution in [0.25, 0.3) is 0 Å². The summed E-state index contributed by atoms with van der Waals surface area (Å²) in [5, 5.41) is 14.7. The minimum Gasteiger partial charge on any atom is -0.493 e. The van der Waals surface area contributed by atoms with Crippen LogP contribution in [0.15, 0.2) is 41.6 Å². The summed E-state index contributed by atoms with van der Waals surface area (Å²) in [6.07, 6.45) is 0. The molecule has 0 saturated carbocycles. The number of methoxy groups -OCH3 is 3. The highest BCUT2D eigenvalue weighted by atomic mass is 16.6. The largest absolute Gasteiger partial charge is 0.493 e. The molecule has 0 aromatic heterocycles. The maximum absolute atomic E-state index is 10.7. The fourth-order valence-corrected chi connectivity index (χ4v) is 2.14. The van der Waals surface area contributed by atoms with Gasteiger partial charge in [-0.05, 0) is 36.8 Å². The lowest BCUT2D eigenvalue weighted by Gasteiger charge is -2.14. The summed E-state index contributed by atoms with van der Waals surface area (Å²) >= 11 is 0. The van der Waals surface area contributed by atoms with Crippen LogP contribution in [0.3, 0.4) is 0 Å². The Morgan fingerprint density at radius 2 is 1.48 bits per heavy atom. The molecular weight excluding hydrogens is 328 g/mol. The first-order chi connectivity index (χ1) is 12.0. The van der Waals surface area contributed by atoms with Crippen LogP contribution in [0.1, 0.15) is 12.5 Å². The SMILES string of the molecule is COc1ccc(O/N=C(\C)c2ccc([N+](=O)[O-])cc2)c(OC)c1OC. The van der Waals surface area contributed by atoms with E-state index >= 15 is 0 Å². The molecule has 0 radical (unpaired) electrons. The number of nitro benzene ring substituents is 1. The van der Waals surface area contributed by atoms with Gasteiger partial charge in [0.15, 0.2) is 5.75 Å². The van der Waals surface area contributed by atoms with Crippen molar-refractivity contribution in [3.8, 4) is 23.0 Å². The van der Waals surface area contributed by atoms with Crippen molar-refractivity contribution in [2.75, 3.05) is 21.3 Å². The highest BCUT2D eigenvalue weighted by Gasteiger charge is 2.17. The van der Waals surface area contributed by atoms with Gasteiger partial charge in [-0.1, -0.05) is 5.16 Å². The van der Waals surface area contributed by atoms with Gasteiger partial charge in [-0.2, -0.15) is 0 Å². The predicted octanol–water partition coefficient (Wildman–Crippen LogP) is 3.42. The molecule has 0 bridgehead atoms. The van der Waals surface area contributed by atoms with Crippen LogP contribution < -0.4 is 19.0 Å². The minimum atomic E-state index is -0.457. The maximum Gasteiger partial charge on any atom is 0.269 e. The molecule has 0 atom stereocenters. The number of benzene rings is 2. The summed E-state index contributed by atoms with van der Waals surface area (Å²) in [5.74, 6) is 1.59. The van der Waals surface area contributed by atoms with Gasteiger partial charge >= 0.3 is 0 Å². The van der Waals surface area contributed by atoms with Crippen LogP contribution in [0.5, 0.6) is 23.0 Å². The zero-order chi connectivity index (χ0) is 18.4. The first-order valence-corrected chi connectivity index (χ1v) is 7.27. The smallest absolute Gasteiger partial charge is 0.269 e. The van der Waals surface area contributed by atoms with Crippen molar-refractivity contribution < 1.29 is 24.0 Å². The van der Waals surface area contributed by atoms with Gasteiger partial charge in [0.05, 0.1) is 32.0 Å². The Kier molecular flexibility index (Phi) is 5.78. The number of hydrogen-bond donors (Lipinski definition) is 0. The lowest BCUT2D eigenvalue weighted by atomic mass is 10.1. The van der Waals surface area contributed by atoms with Crippen LogP contribution in [0, 0.1) is 10.1 Å². The van der Waals surface area contributed by atoms with E-state index in [0.29, 0.717) is 34.3 Å². The van der Waals surface area contributed by atoms with E-state index in [4.69, 9.17) is 19.0 Å². The van der Waals surface area contributed by atoms with E-state index < -0.39 is 4.92 Å². The number of hydrogen-bond acceptors (Lipinski definition) is 7. The highest BCUT2D eigenvalue weighted by molar-refractivity contribution is 5.98. The topological polar surface area (TPSA) is 92.4 Å². The third-order valence-corrected chi connectivity index (χ3v) is 3.44. The van der Waals surface area contributed by atoms with E-state index in [1.54, 1.807) is 31.2 Å². The fourth-order valence-electron chi connectivity index (χ4n) is 2.14. The average molecular weight is 346 g/mol. The van der Waals surface area contributed by atoms with Gasteiger partial charge in [0.25, 0.3) is 5.69 Å². The second-order valence-electron chi connectivity index (χ2n) is 4.90. The molecule has 8 nitrogen and oxygen atoms in total. The molecule has 0 aliphatic rings. The van der Waals surface area contributed by atoms with Crippen molar-refractivity contribution in [2.45, 2.75) is 6.92 Å². The van der Waals surface area contributed by atoms with Crippen LogP contribution in [-0.4, -0.2) is 32.0 Å². The molecule has 0 fully saturated rings. The molecular formula is C17H18N2O6. The predicted molar refractivity (Wildman–Crippen MR) is 92.0 cm³/mol. The standard InChI is InChI=1S/C17H18N2O6/c1-11(12-5-7-13(8-6-12)19(20)21)18-25-15-10-9-14(22-2)16(23-3)17(15)24-4/h5-10H,1-4H3/b18-11+. The maximum atomic E-state index is 10.7. The van der Waals surface area contributed by atoms with Gasteiger partial charge in [0.1, 0.15) is 0 Å². The Balaban J connectivity index is 2.27. The average Bonchev–Trinajstić information content (AvgIpc) is 2.64. The molecule has 132 valence electrons. The van der Waals surface area contributed by atoms with Gasteiger partial charge in [-0.15, -0.1) is 0 Å². The number of oxime groups is 1. The van der Waals surface area contributed by atoms with Gasteiger partial charge in [0.2, 0.25) is 17.2 Å². The summed E-state index contributed by atoms with van der Waals surface area (Å²) < 4.78 is 15.8. The molecule has 0 unspecified atom stereocenters. The molecule has 8 heteroatoms. The normalized spacial score (nSPS) is 11.0. The number of nitrogens with zero attached hydrogens (tertiary/aromatic N) is 2. The van der Waals surface area contributed by atoms with Crippen LogP contribution in [-0.2, 0) is 0 Å². The van der Waals surface area contributed by atoms with E-state index in [-0.39, 0.29) is 5.69 Å². The van der Waals surface area contributed by atoms with Crippen LogP contribution >= 0.6 is 0 Å². The Hall–Kier alpha value is -3.29. The molecule has 0 aliphatic heterocycles. The van der Waals surface area contributed by atoms with Crippen molar-refractivity contribution in [1.82, 2.24) is 0 Å². The molecule has 0 heterocycles. The van der Waals surface area contributed by atoms with Crippen molar-refractivity contribution in [2.24, 2.45) is 5.16 Å². The number of nitro groups is 1. The molecule has 0 saturated heterocycles. The second-order valence-corrected chi connectivity index (χ2v) is 4.90. The van der Waals surface area contributed by atoms with Crippen LogP contribution in [0.4, 0.5) is 5.69 Å². The highest BCUT2D eigenvalue weighted by Crippen LogP contribution is 2.44. The van der Waals surface area contributed by atoms with Gasteiger partial charge in [0, 0.05) is 12.1 Å². The lowest BCUT2D eigenvalue weighted by molar-refractivity contribution is -0.384. The monoisotopic (exact) mass is 346 g/mol. The Morgan fingerprint density at radius 1 is 0.920 bits per heavy atom. The van der Waals surface area contributed by atoms with E-state index in [0.717, 1.165) is 0 Å². The molecule has 0 amide bonds. The van der Waals surface area contributed by atoms with Gasteiger partial charge in [-0.3, -0.25) is 10.1 Å². The van der Waals surface area contributed by atoms with E-state index in [9.17, 15) is 10.1 Å². The molecule has 0 N–H and O–H groups in total. The van der Waals surface area contributed by atoms with E-state index in [2.05, 4.69) is 5.16 Å². The quantitative estimate of drug-likeness (QED) is 0.433. The first-order valence-electron chi connectivity index (χ1n) is 7.27. The zero-order valence-electron chi connectivity index (χ0n) is 14.3. The minimum absolute atomic E-state index is 0.0130. The lowest BCUT2D eigenvalue weighted by Crippen LogP contribution is -2.01. The van der Waals surface area contributed by atoms with E-state index in [1.165, 1.54) is 33.5 Å². The molecule has 2 aromatic rings. The van der Waals surface area contributed by atoms with E-state index in [1.807, 2.05) is 0 Å². The second kappa shape index (κ2) is 8.00. The Labute approximate surface area is 144 Å². The Morgan fingerprint density at radius 3 is 2.00 bits per heavy atom. The summed E-state index contributed by atoms with van der Waals surface area (Å²) in [4.78, 5) is 15.7. The van der Waals surface area contributed by atoms with Crippen molar-refractivity contribution >= 4 is 11.4 Å². The zero-order valence-corrected chi connectivity index (χ0v) is 14.3. The molecule has 2 aromatic carbocycles. The van der Waals surface area contributed by atoms with Crippen LogP contribution in [0.2, 0.25) is 0 Å². The van der Waals surface area contributed by atoms with Gasteiger partial charge < -0.3 is 19.0 Å². The molecule has 2 rings (SSSR count). The third kappa shape index (κ3) is 3.97. The van der Waals surface area contributed by atoms with Crippen molar-refractivity contribution in [1.29, 1.82) is 0 Å². The summed E-state index contributed by atoms with van der Waals surface area (Å²) in [6.45, 7) is 1.73. The summed E-state index contributed by atoms with van der Waals surface area (Å²) in [6, 6.07) is 9.34. The number of rotatable bonds is 7. The summed E-state index contributed by atoms with van der Waals surface area (Å²) in [7, 11) is 4.50. The third-order valence-electron chi connectivity index (χ3n) is 3.44. The molecule has 0 spiro atoms. The fraction of sp³-hybridized carbons (Fsp3) is 0.235. The van der Waals surface area contributed by atoms with Gasteiger partial charge in [-0.25, -0.2) is 0 Å². The van der Waals surface area contributed by atoms with Crippen molar-refractivity contribution in [3.63, 3.8) is 0 Å². The molecule has 25 heavy (non-hydrogen) atoms. The first kappa shape index (κ1) is 18.1. The summed E-state index contributed by atoms with van der Waals surface area (Å²) in [5.41, 5.74) is 1.26. The van der Waals surface area contributed by atoms with Crippen molar-refractivity contribution in [3.05, 3.63) is 52.1 Å². The number of non-ortho nitro benzene ring substituents is 1. The Bertz CT molecular complexity index is 786. The molecule has 0 aliphatic carbocycles. The number of ether oxygens (including phenoxy) is 3.